The van der Waals surface area contributed by atoms with Crippen LogP contribution in [0.5, 0.6) is 0 Å². The highest BCUT2D eigenvalue weighted by Crippen LogP contribution is 2.42. The summed E-state index contributed by atoms with van der Waals surface area (Å²) in [6, 6.07) is 18.8. The van der Waals surface area contributed by atoms with Crippen LogP contribution in [0.1, 0.15) is 49.1 Å². The average Bonchev–Trinajstić information content (AvgIpc) is 3.70. The molecule has 3 aromatic heterocycles. The van der Waals surface area contributed by atoms with Gasteiger partial charge in [0.15, 0.2) is 0 Å². The van der Waals surface area contributed by atoms with Gasteiger partial charge in [0, 0.05) is 41.8 Å². The summed E-state index contributed by atoms with van der Waals surface area (Å²) in [6.07, 6.45) is 4.30. The highest BCUT2D eigenvalue weighted by molar-refractivity contribution is 7.17. The third-order valence-corrected chi connectivity index (χ3v) is 7.93. The molecule has 0 saturated heterocycles. The molecule has 2 aliphatic rings. The number of amides is 3. The van der Waals surface area contributed by atoms with Crippen LogP contribution in [0.2, 0.25) is 0 Å². The zero-order valence-electron chi connectivity index (χ0n) is 20.7. The molecule has 1 aliphatic heterocycles. The zero-order chi connectivity index (χ0) is 26.2. The van der Waals surface area contributed by atoms with Gasteiger partial charge in [-0.3, -0.25) is 19.4 Å². The number of nitrogens with zero attached hydrogens (tertiary/aromatic N) is 3. The SMILES string of the molecule is CNC(=O)c1ccc(-c2cccc(C(=O)N3CCc4cc(C(=O)NC5CC5)sc4-c4ccccc43)n2)cn1. The molecule has 1 aliphatic carbocycles. The number of carbonyl (C=O) groups is 3. The molecule has 1 fully saturated rings. The lowest BCUT2D eigenvalue weighted by Gasteiger charge is -2.23. The van der Waals surface area contributed by atoms with Crippen molar-refractivity contribution in [2.75, 3.05) is 18.5 Å². The number of hydrogen-bond acceptors (Lipinski definition) is 6. The number of nitrogens with one attached hydrogen (secondary N) is 2. The van der Waals surface area contributed by atoms with Crippen LogP contribution in [0.4, 0.5) is 5.69 Å². The molecule has 0 atom stereocenters. The van der Waals surface area contributed by atoms with E-state index in [1.165, 1.54) is 11.3 Å². The summed E-state index contributed by atoms with van der Waals surface area (Å²) in [5.74, 6) is -0.483. The maximum absolute atomic E-state index is 13.8. The standard InChI is InChI=1S/C29H25N5O3S/c1-30-27(35)22-12-9-18(16-31-22)21-6-4-7-23(33-21)29(37)34-14-13-17-15-25(28(36)32-19-10-11-19)38-26(17)20-5-2-3-8-24(20)34/h2-9,12,15-16,19H,10-11,13-14H2,1H3,(H,30,35)(H,32,36). The van der Waals surface area contributed by atoms with Gasteiger partial charge in [-0.25, -0.2) is 4.98 Å². The molecular weight excluding hydrogens is 498 g/mol. The number of anilines is 1. The summed E-state index contributed by atoms with van der Waals surface area (Å²) >= 11 is 1.48. The molecule has 1 aromatic carbocycles. The second-order valence-corrected chi connectivity index (χ2v) is 10.4. The molecule has 3 amide bonds. The van der Waals surface area contributed by atoms with Gasteiger partial charge in [-0.1, -0.05) is 24.3 Å². The van der Waals surface area contributed by atoms with Crippen molar-refractivity contribution in [3.8, 4) is 21.7 Å². The summed E-state index contributed by atoms with van der Waals surface area (Å²) in [7, 11) is 1.56. The summed E-state index contributed by atoms with van der Waals surface area (Å²) in [5, 5.41) is 5.62. The fourth-order valence-electron chi connectivity index (χ4n) is 4.56. The molecule has 1 saturated carbocycles. The Labute approximate surface area is 223 Å². The summed E-state index contributed by atoms with van der Waals surface area (Å²) in [5.41, 5.74) is 4.75. The Balaban J connectivity index is 1.30. The van der Waals surface area contributed by atoms with Crippen LogP contribution >= 0.6 is 11.3 Å². The molecule has 0 bridgehead atoms. The predicted molar refractivity (Wildman–Crippen MR) is 146 cm³/mol. The minimum absolute atomic E-state index is 0.0187. The van der Waals surface area contributed by atoms with E-state index in [2.05, 4.69) is 20.6 Å². The van der Waals surface area contributed by atoms with Gasteiger partial charge in [0.1, 0.15) is 11.4 Å². The van der Waals surface area contributed by atoms with Crippen LogP contribution < -0.4 is 15.5 Å². The number of hydrogen-bond donors (Lipinski definition) is 2. The van der Waals surface area contributed by atoms with Crippen LogP contribution in [-0.4, -0.2) is 47.3 Å². The molecule has 38 heavy (non-hydrogen) atoms. The van der Waals surface area contributed by atoms with Gasteiger partial charge >= 0.3 is 0 Å². The van der Waals surface area contributed by atoms with Crippen molar-refractivity contribution in [2.24, 2.45) is 0 Å². The van der Waals surface area contributed by atoms with E-state index in [1.807, 2.05) is 36.4 Å². The van der Waals surface area contributed by atoms with Gasteiger partial charge < -0.3 is 15.5 Å². The predicted octanol–water partition coefficient (Wildman–Crippen LogP) is 4.33. The van der Waals surface area contributed by atoms with Crippen LogP contribution in [0.25, 0.3) is 21.7 Å². The van der Waals surface area contributed by atoms with Gasteiger partial charge in [0.25, 0.3) is 17.7 Å². The molecule has 0 spiro atoms. The Bertz CT molecular complexity index is 1560. The van der Waals surface area contributed by atoms with Gasteiger partial charge in [0.2, 0.25) is 0 Å². The van der Waals surface area contributed by atoms with Crippen molar-refractivity contribution >= 4 is 34.7 Å². The lowest BCUT2D eigenvalue weighted by atomic mass is 10.1. The lowest BCUT2D eigenvalue weighted by Crippen LogP contribution is -2.33. The Hall–Kier alpha value is -4.37. The molecule has 9 heteroatoms. The third-order valence-electron chi connectivity index (χ3n) is 6.72. The zero-order valence-corrected chi connectivity index (χ0v) is 21.5. The van der Waals surface area contributed by atoms with Crippen molar-refractivity contribution in [3.63, 3.8) is 0 Å². The number of thiophene rings is 1. The summed E-state index contributed by atoms with van der Waals surface area (Å²) in [4.78, 5) is 50.6. The van der Waals surface area contributed by atoms with Crippen molar-refractivity contribution in [3.05, 3.63) is 88.7 Å². The molecular formula is C29H25N5O3S. The smallest absolute Gasteiger partial charge is 0.276 e. The quantitative estimate of drug-likeness (QED) is 0.405. The number of fused-ring (bicyclic) bond motifs is 3. The van der Waals surface area contributed by atoms with Gasteiger partial charge in [-0.15, -0.1) is 11.3 Å². The Morgan fingerprint density at radius 3 is 2.58 bits per heavy atom. The molecule has 2 N–H and O–H groups in total. The topological polar surface area (TPSA) is 104 Å². The Kier molecular flexibility index (Phi) is 6.21. The first kappa shape index (κ1) is 24.0. The number of pyridine rings is 2. The first-order valence-corrected chi connectivity index (χ1v) is 13.3. The molecule has 8 nitrogen and oxygen atoms in total. The average molecular weight is 524 g/mol. The molecule has 6 rings (SSSR count). The first-order valence-electron chi connectivity index (χ1n) is 12.5. The van der Waals surface area contributed by atoms with E-state index in [1.54, 1.807) is 42.4 Å². The van der Waals surface area contributed by atoms with Crippen LogP contribution in [0.15, 0.2) is 66.9 Å². The van der Waals surface area contributed by atoms with Crippen molar-refractivity contribution in [1.29, 1.82) is 0 Å². The number of rotatable bonds is 5. The largest absolute Gasteiger partial charge is 0.354 e. The second kappa shape index (κ2) is 9.83. The van der Waals surface area contributed by atoms with E-state index in [0.717, 1.165) is 34.5 Å². The van der Waals surface area contributed by atoms with Crippen LogP contribution in [-0.2, 0) is 6.42 Å². The van der Waals surface area contributed by atoms with Crippen molar-refractivity contribution < 1.29 is 14.4 Å². The minimum Gasteiger partial charge on any atom is -0.354 e. The van der Waals surface area contributed by atoms with Gasteiger partial charge in [-0.05, 0) is 61.2 Å². The summed E-state index contributed by atoms with van der Waals surface area (Å²) < 4.78 is 0. The molecule has 0 unspecified atom stereocenters. The first-order chi connectivity index (χ1) is 18.5. The number of carbonyl (C=O) groups excluding carboxylic acids is 3. The van der Waals surface area contributed by atoms with E-state index >= 15 is 0 Å². The monoisotopic (exact) mass is 523 g/mol. The van der Waals surface area contributed by atoms with E-state index < -0.39 is 0 Å². The summed E-state index contributed by atoms with van der Waals surface area (Å²) in [6.45, 7) is 0.470. The highest BCUT2D eigenvalue weighted by Gasteiger charge is 2.29. The fraction of sp³-hybridized carbons (Fsp3) is 0.207. The molecule has 0 radical (unpaired) electrons. The van der Waals surface area contributed by atoms with Crippen LogP contribution in [0.3, 0.4) is 0 Å². The normalized spacial score (nSPS) is 14.2. The maximum atomic E-state index is 13.8. The fourth-order valence-corrected chi connectivity index (χ4v) is 5.71. The van der Waals surface area contributed by atoms with E-state index in [4.69, 9.17) is 0 Å². The third kappa shape index (κ3) is 4.56. The van der Waals surface area contributed by atoms with Gasteiger partial charge in [-0.2, -0.15) is 0 Å². The number of aromatic nitrogens is 2. The van der Waals surface area contributed by atoms with E-state index in [9.17, 15) is 14.4 Å². The number of para-hydroxylation sites is 1. The van der Waals surface area contributed by atoms with Gasteiger partial charge in [0.05, 0.1) is 16.3 Å². The lowest BCUT2D eigenvalue weighted by molar-refractivity contribution is 0.0948. The Morgan fingerprint density at radius 2 is 1.82 bits per heavy atom. The molecule has 190 valence electrons. The van der Waals surface area contributed by atoms with E-state index in [0.29, 0.717) is 46.5 Å². The molecule has 4 aromatic rings. The highest BCUT2D eigenvalue weighted by atomic mass is 32.1. The second-order valence-electron chi connectivity index (χ2n) is 9.36. The maximum Gasteiger partial charge on any atom is 0.276 e. The molecule has 4 heterocycles. The van der Waals surface area contributed by atoms with E-state index in [-0.39, 0.29) is 17.7 Å². The van der Waals surface area contributed by atoms with Crippen molar-refractivity contribution in [2.45, 2.75) is 25.3 Å². The minimum atomic E-state index is -0.266. The Morgan fingerprint density at radius 1 is 0.974 bits per heavy atom. The van der Waals surface area contributed by atoms with Crippen molar-refractivity contribution in [1.82, 2.24) is 20.6 Å². The number of benzene rings is 1. The van der Waals surface area contributed by atoms with Crippen LogP contribution in [0, 0.1) is 0 Å².